The summed E-state index contributed by atoms with van der Waals surface area (Å²) in [6.45, 7) is 1.87. The van der Waals surface area contributed by atoms with Crippen molar-refractivity contribution in [3.05, 3.63) is 53.0 Å². The summed E-state index contributed by atoms with van der Waals surface area (Å²) in [7, 11) is 0. The van der Waals surface area contributed by atoms with Crippen molar-refractivity contribution in [1.29, 1.82) is 0 Å². The molecule has 2 aromatic rings. The second kappa shape index (κ2) is 8.06. The SMILES string of the molecule is CC(Sc1cccc(NC(=O)C2CC2)c1)C(=O)Nc1ccc(Br)cc1. The van der Waals surface area contributed by atoms with Crippen LogP contribution in [0, 0.1) is 5.92 Å². The van der Waals surface area contributed by atoms with Crippen molar-refractivity contribution in [2.24, 2.45) is 5.92 Å². The Bertz CT molecular complexity index is 775. The summed E-state index contributed by atoms with van der Waals surface area (Å²) in [4.78, 5) is 25.2. The van der Waals surface area contributed by atoms with E-state index in [1.165, 1.54) is 11.8 Å². The molecular formula is C19H19BrN2O2S. The Morgan fingerprint density at radius 2 is 1.80 bits per heavy atom. The number of thioether (sulfide) groups is 1. The van der Waals surface area contributed by atoms with E-state index in [0.717, 1.165) is 33.6 Å². The summed E-state index contributed by atoms with van der Waals surface area (Å²) >= 11 is 4.84. The first-order chi connectivity index (χ1) is 12.0. The van der Waals surface area contributed by atoms with E-state index in [1.807, 2.05) is 55.5 Å². The van der Waals surface area contributed by atoms with E-state index >= 15 is 0 Å². The van der Waals surface area contributed by atoms with Gasteiger partial charge in [-0.1, -0.05) is 22.0 Å². The quantitative estimate of drug-likeness (QED) is 0.654. The summed E-state index contributed by atoms with van der Waals surface area (Å²) in [5.74, 6) is 0.204. The highest BCUT2D eigenvalue weighted by atomic mass is 79.9. The van der Waals surface area contributed by atoms with Crippen LogP contribution in [-0.4, -0.2) is 17.1 Å². The zero-order valence-electron chi connectivity index (χ0n) is 13.8. The third-order valence-electron chi connectivity index (χ3n) is 3.84. The molecule has 25 heavy (non-hydrogen) atoms. The lowest BCUT2D eigenvalue weighted by Gasteiger charge is -2.13. The van der Waals surface area contributed by atoms with Crippen LogP contribution in [0.25, 0.3) is 0 Å². The largest absolute Gasteiger partial charge is 0.326 e. The molecule has 0 bridgehead atoms. The van der Waals surface area contributed by atoms with E-state index in [-0.39, 0.29) is 23.0 Å². The van der Waals surface area contributed by atoms with E-state index < -0.39 is 0 Å². The van der Waals surface area contributed by atoms with Crippen LogP contribution < -0.4 is 10.6 Å². The highest BCUT2D eigenvalue weighted by Crippen LogP contribution is 2.31. The van der Waals surface area contributed by atoms with Gasteiger partial charge in [0, 0.05) is 26.7 Å². The van der Waals surface area contributed by atoms with Crippen molar-refractivity contribution in [1.82, 2.24) is 0 Å². The molecule has 1 saturated carbocycles. The minimum absolute atomic E-state index is 0.0558. The van der Waals surface area contributed by atoms with Gasteiger partial charge in [-0.3, -0.25) is 9.59 Å². The van der Waals surface area contributed by atoms with Crippen molar-refractivity contribution >= 4 is 50.9 Å². The van der Waals surface area contributed by atoms with Crippen LogP contribution in [-0.2, 0) is 9.59 Å². The van der Waals surface area contributed by atoms with E-state index in [9.17, 15) is 9.59 Å². The molecule has 2 N–H and O–H groups in total. The Morgan fingerprint density at radius 3 is 2.48 bits per heavy atom. The van der Waals surface area contributed by atoms with Gasteiger partial charge in [0.15, 0.2) is 0 Å². The predicted octanol–water partition coefficient (Wildman–Crippen LogP) is 4.92. The fourth-order valence-electron chi connectivity index (χ4n) is 2.27. The smallest absolute Gasteiger partial charge is 0.237 e. The maximum absolute atomic E-state index is 12.3. The number of amides is 2. The Hall–Kier alpha value is -1.79. The van der Waals surface area contributed by atoms with Crippen molar-refractivity contribution in [2.45, 2.75) is 29.9 Å². The predicted molar refractivity (Wildman–Crippen MR) is 106 cm³/mol. The molecule has 1 aliphatic rings. The van der Waals surface area contributed by atoms with Crippen LogP contribution in [0.3, 0.4) is 0 Å². The molecule has 1 fully saturated rings. The van der Waals surface area contributed by atoms with Crippen molar-refractivity contribution in [3.8, 4) is 0 Å². The maximum atomic E-state index is 12.3. The van der Waals surface area contributed by atoms with Gasteiger partial charge in [-0.15, -0.1) is 11.8 Å². The third kappa shape index (κ3) is 5.34. The van der Waals surface area contributed by atoms with E-state index in [1.54, 1.807) is 0 Å². The molecule has 2 aromatic carbocycles. The van der Waals surface area contributed by atoms with Gasteiger partial charge in [0.1, 0.15) is 0 Å². The minimum atomic E-state index is -0.252. The molecule has 130 valence electrons. The van der Waals surface area contributed by atoms with Crippen LogP contribution in [0.15, 0.2) is 57.9 Å². The van der Waals surface area contributed by atoms with E-state index in [2.05, 4.69) is 26.6 Å². The molecule has 0 spiro atoms. The second-order valence-electron chi connectivity index (χ2n) is 6.05. The monoisotopic (exact) mass is 418 g/mol. The second-order valence-corrected chi connectivity index (χ2v) is 8.38. The van der Waals surface area contributed by atoms with Gasteiger partial charge in [0.05, 0.1) is 5.25 Å². The molecule has 1 unspecified atom stereocenters. The summed E-state index contributed by atoms with van der Waals surface area (Å²) in [6.07, 6.45) is 1.96. The van der Waals surface area contributed by atoms with Gasteiger partial charge < -0.3 is 10.6 Å². The Labute approximate surface area is 159 Å². The highest BCUT2D eigenvalue weighted by molar-refractivity contribution is 9.10. The maximum Gasteiger partial charge on any atom is 0.237 e. The Morgan fingerprint density at radius 1 is 1.08 bits per heavy atom. The lowest BCUT2D eigenvalue weighted by atomic mass is 10.3. The average Bonchev–Trinajstić information content (AvgIpc) is 3.42. The number of nitrogens with one attached hydrogen (secondary N) is 2. The molecule has 6 heteroatoms. The normalized spacial score (nSPS) is 14.6. The van der Waals surface area contributed by atoms with Gasteiger partial charge in [0.25, 0.3) is 0 Å². The number of benzene rings is 2. The fraction of sp³-hybridized carbons (Fsp3) is 0.263. The zero-order chi connectivity index (χ0) is 17.8. The first kappa shape index (κ1) is 18.0. The zero-order valence-corrected chi connectivity index (χ0v) is 16.2. The van der Waals surface area contributed by atoms with Gasteiger partial charge >= 0.3 is 0 Å². The molecule has 0 aromatic heterocycles. The molecule has 1 aliphatic carbocycles. The lowest BCUT2D eigenvalue weighted by Crippen LogP contribution is -2.22. The molecule has 3 rings (SSSR count). The number of carbonyl (C=O) groups excluding carboxylic acids is 2. The van der Waals surface area contributed by atoms with Crippen LogP contribution in [0.2, 0.25) is 0 Å². The average molecular weight is 419 g/mol. The first-order valence-corrected chi connectivity index (χ1v) is 9.82. The number of hydrogen-bond acceptors (Lipinski definition) is 3. The minimum Gasteiger partial charge on any atom is -0.326 e. The molecular weight excluding hydrogens is 400 g/mol. The summed E-state index contributed by atoms with van der Waals surface area (Å²) in [6, 6.07) is 15.1. The van der Waals surface area contributed by atoms with Crippen LogP contribution in [0.5, 0.6) is 0 Å². The van der Waals surface area contributed by atoms with Crippen molar-refractivity contribution in [2.75, 3.05) is 10.6 Å². The van der Waals surface area contributed by atoms with Gasteiger partial charge in [-0.25, -0.2) is 0 Å². The van der Waals surface area contributed by atoms with Crippen molar-refractivity contribution < 1.29 is 9.59 Å². The Balaban J connectivity index is 1.57. The molecule has 2 amide bonds. The molecule has 4 nitrogen and oxygen atoms in total. The summed E-state index contributed by atoms with van der Waals surface area (Å²) in [5.41, 5.74) is 1.55. The third-order valence-corrected chi connectivity index (χ3v) is 5.47. The number of anilines is 2. The van der Waals surface area contributed by atoms with Crippen molar-refractivity contribution in [3.63, 3.8) is 0 Å². The van der Waals surface area contributed by atoms with E-state index in [4.69, 9.17) is 0 Å². The molecule has 0 saturated heterocycles. The topological polar surface area (TPSA) is 58.2 Å². The van der Waals surface area contributed by atoms with Gasteiger partial charge in [-0.2, -0.15) is 0 Å². The summed E-state index contributed by atoms with van der Waals surface area (Å²) < 4.78 is 0.970. The molecule has 1 atom stereocenters. The van der Waals surface area contributed by atoms with Gasteiger partial charge in [-0.05, 0) is 62.2 Å². The highest BCUT2D eigenvalue weighted by Gasteiger charge is 2.29. The van der Waals surface area contributed by atoms with Crippen LogP contribution in [0.4, 0.5) is 11.4 Å². The van der Waals surface area contributed by atoms with Crippen LogP contribution in [0.1, 0.15) is 19.8 Å². The lowest BCUT2D eigenvalue weighted by molar-refractivity contribution is -0.117. The number of carbonyl (C=O) groups is 2. The van der Waals surface area contributed by atoms with E-state index in [0.29, 0.717) is 0 Å². The van der Waals surface area contributed by atoms with Gasteiger partial charge in [0.2, 0.25) is 11.8 Å². The molecule has 0 heterocycles. The molecule has 0 radical (unpaired) electrons. The first-order valence-electron chi connectivity index (χ1n) is 8.15. The number of hydrogen-bond donors (Lipinski definition) is 2. The fourth-order valence-corrected chi connectivity index (χ4v) is 3.46. The standard InChI is InChI=1S/C19H19BrN2O2S/c1-12(18(23)21-15-9-7-14(20)8-10-15)25-17-4-2-3-16(11-17)22-19(24)13-5-6-13/h2-4,7-13H,5-6H2,1H3,(H,21,23)(H,22,24). The summed E-state index contributed by atoms with van der Waals surface area (Å²) in [5, 5.41) is 5.59. The number of halogens is 1. The van der Waals surface area contributed by atoms with Crippen LogP contribution >= 0.6 is 27.7 Å². The molecule has 0 aliphatic heterocycles. The Kier molecular flexibility index (Phi) is 5.81. The number of rotatable bonds is 6.